The van der Waals surface area contributed by atoms with Gasteiger partial charge in [-0.3, -0.25) is 9.79 Å². The molecule has 0 saturated carbocycles. The number of aliphatic imine (C=N–C) groups is 1. The van der Waals surface area contributed by atoms with Crippen molar-refractivity contribution in [1.82, 2.24) is 10.3 Å². The van der Waals surface area contributed by atoms with Crippen LogP contribution in [0.3, 0.4) is 0 Å². The van der Waals surface area contributed by atoms with Gasteiger partial charge < -0.3 is 15.2 Å². The fourth-order valence-electron chi connectivity index (χ4n) is 3.88. The maximum absolute atomic E-state index is 14.1. The minimum absolute atomic E-state index is 0.127. The van der Waals surface area contributed by atoms with Gasteiger partial charge in [-0.25, -0.2) is 9.37 Å². The van der Waals surface area contributed by atoms with Crippen LogP contribution in [0.4, 0.5) is 23.2 Å². The number of hydrogen-bond donors (Lipinski definition) is 2. The number of alkyl halides is 3. The average molecular weight is 491 g/mol. The Morgan fingerprint density at radius 2 is 1.89 bits per heavy atom. The first-order chi connectivity index (χ1) is 16.3. The van der Waals surface area contributed by atoms with E-state index in [0.29, 0.717) is 17.1 Å². The molecule has 3 rings (SSSR count). The van der Waals surface area contributed by atoms with Crippen LogP contribution < -0.4 is 10.1 Å². The third kappa shape index (κ3) is 5.43. The number of aliphatic hydroxyl groups is 1. The van der Waals surface area contributed by atoms with Gasteiger partial charge in [0.25, 0.3) is 5.91 Å². The molecule has 0 aliphatic carbocycles. The summed E-state index contributed by atoms with van der Waals surface area (Å²) >= 11 is 0. The topological polar surface area (TPSA) is 83.8 Å². The smallest absolute Gasteiger partial charge is 0.422 e. The fraction of sp³-hybridized carbons (Fsp3) is 0.320. The summed E-state index contributed by atoms with van der Waals surface area (Å²) in [6.07, 6.45) is -5.48. The van der Waals surface area contributed by atoms with Gasteiger partial charge in [0.1, 0.15) is 17.3 Å². The summed E-state index contributed by atoms with van der Waals surface area (Å²) in [7, 11) is 2.78. The maximum atomic E-state index is 14.1. The van der Waals surface area contributed by atoms with Gasteiger partial charge in [0, 0.05) is 24.2 Å². The third-order valence-corrected chi connectivity index (χ3v) is 5.68. The van der Waals surface area contributed by atoms with E-state index in [-0.39, 0.29) is 22.7 Å². The standard InChI is InChI=1S/C25H25F4N3O3/c1-23(2,17-12-15(26)8-11-21(17)35-4)13-24(34,25(27,28)29)14-31-18-6-5-7-19-16(18)9-10-20(32-19)22(33)30-3/h5-12,14,34H,13H2,1-4H3,(H,30,33). The number of hydrogen-bond acceptors (Lipinski definition) is 5. The van der Waals surface area contributed by atoms with Crippen LogP contribution in [0.15, 0.2) is 53.5 Å². The highest BCUT2D eigenvalue weighted by Crippen LogP contribution is 2.43. The van der Waals surface area contributed by atoms with Crippen molar-refractivity contribution < 1.29 is 32.2 Å². The number of pyridine rings is 1. The first kappa shape index (κ1) is 26.1. The Labute approximate surface area is 199 Å². The average Bonchev–Trinajstić information content (AvgIpc) is 2.80. The molecular formula is C25H25F4N3O3. The van der Waals surface area contributed by atoms with Crippen LogP contribution >= 0.6 is 0 Å². The Bertz CT molecular complexity index is 1270. The molecule has 1 heterocycles. The molecule has 0 spiro atoms. The van der Waals surface area contributed by atoms with E-state index in [1.54, 1.807) is 6.07 Å². The molecule has 1 unspecified atom stereocenters. The number of carbonyl (C=O) groups is 1. The monoisotopic (exact) mass is 491 g/mol. The summed E-state index contributed by atoms with van der Waals surface area (Å²) in [5.74, 6) is -0.857. The number of halogens is 4. The number of amides is 1. The second-order valence-corrected chi connectivity index (χ2v) is 8.70. The van der Waals surface area contributed by atoms with E-state index < -0.39 is 35.3 Å². The highest BCUT2D eigenvalue weighted by Gasteiger charge is 2.55. The fourth-order valence-corrected chi connectivity index (χ4v) is 3.88. The molecule has 10 heteroatoms. The Morgan fingerprint density at radius 3 is 2.51 bits per heavy atom. The highest BCUT2D eigenvalue weighted by atomic mass is 19.4. The lowest BCUT2D eigenvalue weighted by atomic mass is 9.74. The van der Waals surface area contributed by atoms with Crippen molar-refractivity contribution in [2.45, 2.75) is 37.5 Å². The molecular weight excluding hydrogens is 466 g/mol. The van der Waals surface area contributed by atoms with Crippen LogP contribution in [0.1, 0.15) is 36.3 Å². The van der Waals surface area contributed by atoms with Crippen LogP contribution in [-0.2, 0) is 5.41 Å². The third-order valence-electron chi connectivity index (χ3n) is 5.68. The van der Waals surface area contributed by atoms with E-state index in [1.807, 2.05) is 0 Å². The molecule has 1 aromatic heterocycles. The van der Waals surface area contributed by atoms with E-state index in [2.05, 4.69) is 15.3 Å². The van der Waals surface area contributed by atoms with Crippen molar-refractivity contribution in [1.29, 1.82) is 0 Å². The predicted octanol–water partition coefficient (Wildman–Crippen LogP) is 5.11. The molecule has 0 fully saturated rings. The Balaban J connectivity index is 2.03. The molecule has 186 valence electrons. The zero-order valence-electron chi connectivity index (χ0n) is 19.6. The lowest BCUT2D eigenvalue weighted by Crippen LogP contribution is -2.50. The molecule has 0 aliphatic rings. The van der Waals surface area contributed by atoms with Crippen LogP contribution in [-0.4, -0.2) is 48.1 Å². The van der Waals surface area contributed by atoms with Gasteiger partial charge in [0.2, 0.25) is 0 Å². The molecule has 35 heavy (non-hydrogen) atoms. The number of methoxy groups -OCH3 is 1. The molecule has 1 atom stereocenters. The number of carbonyl (C=O) groups excluding carboxylic acids is 1. The van der Waals surface area contributed by atoms with Gasteiger partial charge in [0.15, 0.2) is 5.60 Å². The number of nitrogens with zero attached hydrogens (tertiary/aromatic N) is 2. The van der Waals surface area contributed by atoms with Crippen molar-refractivity contribution in [3.05, 3.63) is 65.6 Å². The second kappa shape index (κ2) is 9.61. The summed E-state index contributed by atoms with van der Waals surface area (Å²) in [6, 6.07) is 11.1. The van der Waals surface area contributed by atoms with Gasteiger partial charge in [-0.2, -0.15) is 13.2 Å². The van der Waals surface area contributed by atoms with Crippen molar-refractivity contribution in [3.63, 3.8) is 0 Å². The minimum Gasteiger partial charge on any atom is -0.496 e. The molecule has 0 aliphatic heterocycles. The normalized spacial score (nSPS) is 14.2. The largest absolute Gasteiger partial charge is 0.496 e. The number of rotatable bonds is 7. The van der Waals surface area contributed by atoms with Crippen LogP contribution in [0, 0.1) is 5.82 Å². The summed E-state index contributed by atoms with van der Waals surface area (Å²) in [6.45, 7) is 2.91. The Morgan fingerprint density at radius 1 is 1.17 bits per heavy atom. The Kier molecular flexibility index (Phi) is 7.16. The van der Waals surface area contributed by atoms with Gasteiger partial charge in [-0.05, 0) is 54.3 Å². The van der Waals surface area contributed by atoms with E-state index >= 15 is 0 Å². The second-order valence-electron chi connectivity index (χ2n) is 8.70. The van der Waals surface area contributed by atoms with Crippen LogP contribution in [0.25, 0.3) is 10.9 Å². The number of benzene rings is 2. The molecule has 0 radical (unpaired) electrons. The van der Waals surface area contributed by atoms with Gasteiger partial charge in [-0.15, -0.1) is 0 Å². The van der Waals surface area contributed by atoms with E-state index in [0.717, 1.165) is 12.1 Å². The van der Waals surface area contributed by atoms with Gasteiger partial charge >= 0.3 is 6.18 Å². The summed E-state index contributed by atoms with van der Waals surface area (Å²) in [5, 5.41) is 13.6. The highest BCUT2D eigenvalue weighted by molar-refractivity contribution is 5.97. The van der Waals surface area contributed by atoms with E-state index in [9.17, 15) is 27.5 Å². The number of ether oxygens (including phenoxy) is 1. The molecule has 1 amide bonds. The van der Waals surface area contributed by atoms with Gasteiger partial charge in [-0.1, -0.05) is 19.9 Å². The van der Waals surface area contributed by atoms with E-state index in [1.165, 1.54) is 58.3 Å². The minimum atomic E-state index is -5.08. The number of aromatic nitrogens is 1. The Hall–Kier alpha value is -3.53. The molecule has 6 nitrogen and oxygen atoms in total. The summed E-state index contributed by atoms with van der Waals surface area (Å²) in [5.41, 5.74) is -3.91. The quantitative estimate of drug-likeness (QED) is 0.356. The number of fused-ring (bicyclic) bond motifs is 1. The van der Waals surface area contributed by atoms with Crippen molar-refractivity contribution in [2.75, 3.05) is 14.2 Å². The van der Waals surface area contributed by atoms with Crippen LogP contribution in [0.5, 0.6) is 5.75 Å². The molecule has 0 bridgehead atoms. The summed E-state index contributed by atoms with van der Waals surface area (Å²) in [4.78, 5) is 20.0. The zero-order chi connectivity index (χ0) is 26.0. The maximum Gasteiger partial charge on any atom is 0.422 e. The molecule has 3 aromatic rings. The lowest BCUT2D eigenvalue weighted by Gasteiger charge is -2.36. The van der Waals surface area contributed by atoms with Crippen LogP contribution in [0.2, 0.25) is 0 Å². The lowest BCUT2D eigenvalue weighted by molar-refractivity contribution is -0.234. The SMILES string of the molecule is CNC(=O)c1ccc2c(N=CC(O)(CC(C)(C)c3cc(F)ccc3OC)C(F)(F)F)cccc2n1. The van der Waals surface area contributed by atoms with Gasteiger partial charge in [0.05, 0.1) is 18.3 Å². The molecule has 2 aromatic carbocycles. The molecule has 0 saturated heterocycles. The van der Waals surface area contributed by atoms with Crippen molar-refractivity contribution in [3.8, 4) is 5.75 Å². The zero-order valence-corrected chi connectivity index (χ0v) is 19.6. The first-order valence-corrected chi connectivity index (χ1v) is 10.6. The van der Waals surface area contributed by atoms with Crippen molar-refractivity contribution in [2.24, 2.45) is 4.99 Å². The number of nitrogens with one attached hydrogen (secondary N) is 1. The van der Waals surface area contributed by atoms with E-state index in [4.69, 9.17) is 4.74 Å². The van der Waals surface area contributed by atoms with Crippen molar-refractivity contribution >= 4 is 28.7 Å². The first-order valence-electron chi connectivity index (χ1n) is 10.6. The predicted molar refractivity (Wildman–Crippen MR) is 125 cm³/mol. The molecule has 2 N–H and O–H groups in total. The summed E-state index contributed by atoms with van der Waals surface area (Å²) < 4.78 is 61.4.